The molecule has 0 spiro atoms. The summed E-state index contributed by atoms with van der Waals surface area (Å²) in [4.78, 5) is 0. The van der Waals surface area contributed by atoms with Crippen LogP contribution >= 0.6 is 0 Å². The van der Waals surface area contributed by atoms with Gasteiger partial charge < -0.3 is 8.97 Å². The fourth-order valence-corrected chi connectivity index (χ4v) is 6.69. The molecule has 0 aliphatic heterocycles. The van der Waals surface area contributed by atoms with Crippen LogP contribution in [0.4, 0.5) is 0 Å². The predicted octanol–water partition coefficient (Wildman–Crippen LogP) is 9.59. The van der Waals surface area contributed by atoms with E-state index < -0.39 is 0 Å². The van der Waals surface area contributed by atoms with Crippen LogP contribution in [-0.4, -0.2) is 63.3 Å². The Morgan fingerprint density at radius 1 is 0.462 bits per heavy atom. The van der Waals surface area contributed by atoms with Gasteiger partial charge in [0.05, 0.1) is 54.4 Å². The lowest BCUT2D eigenvalue weighted by Gasteiger charge is -2.33. The lowest BCUT2D eigenvalue weighted by Crippen LogP contribution is -2.46. The molecule has 0 N–H and O–H groups in total. The lowest BCUT2D eigenvalue weighted by molar-refractivity contribution is -0.909. The molecular formula is C37H56N2+2. The van der Waals surface area contributed by atoms with E-state index in [0.29, 0.717) is 0 Å². The maximum absolute atomic E-state index is 2.44. The van der Waals surface area contributed by atoms with Crippen LogP contribution in [0.15, 0.2) is 54.6 Å². The molecule has 0 heterocycles. The van der Waals surface area contributed by atoms with Gasteiger partial charge in [0.1, 0.15) is 0 Å². The standard InChI is InChI=1S/C37H56N2/c1-6-7-8-9-11-14-27-38(2,3)29-17-30-39(4,5)28-15-12-10-13-18-31-21-22-34-24-23-32-19-16-20-33-25-26-35(31)37(34)36(32)33/h16,19-26H,6-15,17-18,27-30H2,1-5H3/q+2. The molecule has 0 aliphatic rings. The Bertz CT molecular complexity index is 1270. The van der Waals surface area contributed by atoms with E-state index in [1.165, 1.54) is 150 Å². The highest BCUT2D eigenvalue weighted by Crippen LogP contribution is 2.36. The van der Waals surface area contributed by atoms with Crippen molar-refractivity contribution >= 4 is 32.3 Å². The van der Waals surface area contributed by atoms with Crippen molar-refractivity contribution in [1.29, 1.82) is 0 Å². The third-order valence-corrected chi connectivity index (χ3v) is 9.22. The molecule has 0 saturated heterocycles. The largest absolute Gasteiger partial charge is 0.328 e. The Balaban J connectivity index is 1.15. The molecule has 4 rings (SSSR count). The Hall–Kier alpha value is -2.16. The van der Waals surface area contributed by atoms with E-state index in [-0.39, 0.29) is 0 Å². The molecular weight excluding hydrogens is 472 g/mol. The minimum atomic E-state index is 1.17. The highest BCUT2D eigenvalue weighted by Gasteiger charge is 2.19. The molecule has 4 aromatic rings. The van der Waals surface area contributed by atoms with Crippen molar-refractivity contribution in [2.45, 2.75) is 84.0 Å². The van der Waals surface area contributed by atoms with Crippen LogP contribution < -0.4 is 0 Å². The first-order chi connectivity index (χ1) is 18.8. The molecule has 0 saturated carbocycles. The van der Waals surface area contributed by atoms with Crippen LogP contribution in [0.5, 0.6) is 0 Å². The highest BCUT2D eigenvalue weighted by atomic mass is 15.3. The van der Waals surface area contributed by atoms with Crippen LogP contribution in [0, 0.1) is 0 Å². The molecule has 4 aromatic carbocycles. The molecule has 39 heavy (non-hydrogen) atoms. The summed E-state index contributed by atoms with van der Waals surface area (Å²) in [7, 11) is 9.76. The number of nitrogens with zero attached hydrogens (tertiary/aromatic N) is 2. The second-order valence-electron chi connectivity index (χ2n) is 13.6. The summed E-state index contributed by atoms with van der Waals surface area (Å²) in [5, 5.41) is 8.48. The van der Waals surface area contributed by atoms with E-state index in [4.69, 9.17) is 0 Å². The molecule has 2 nitrogen and oxygen atoms in total. The summed E-state index contributed by atoms with van der Waals surface area (Å²) >= 11 is 0. The van der Waals surface area contributed by atoms with Gasteiger partial charge in [-0.25, -0.2) is 0 Å². The molecule has 0 fully saturated rings. The normalized spacial score (nSPS) is 12.8. The SMILES string of the molecule is CCCCCCCC[N+](C)(C)CCC[N+](C)(C)CCCCCCc1ccc2ccc3cccc4ccc1c2c34. The zero-order valence-corrected chi connectivity index (χ0v) is 25.9. The third-order valence-electron chi connectivity index (χ3n) is 9.22. The summed E-state index contributed by atoms with van der Waals surface area (Å²) in [5.41, 5.74) is 1.53. The number of rotatable bonds is 18. The van der Waals surface area contributed by atoms with Gasteiger partial charge in [-0.3, -0.25) is 0 Å². The first-order valence-corrected chi connectivity index (χ1v) is 16.1. The molecule has 0 bridgehead atoms. The molecule has 0 radical (unpaired) electrons. The molecule has 2 heteroatoms. The van der Waals surface area contributed by atoms with E-state index in [0.717, 1.165) is 0 Å². The van der Waals surface area contributed by atoms with Gasteiger partial charge in [-0.15, -0.1) is 0 Å². The number of hydrogen-bond donors (Lipinski definition) is 0. The van der Waals surface area contributed by atoms with E-state index in [1.54, 1.807) is 0 Å². The monoisotopic (exact) mass is 528 g/mol. The average molecular weight is 529 g/mol. The maximum Gasteiger partial charge on any atom is 0.0836 e. The van der Waals surface area contributed by atoms with Gasteiger partial charge >= 0.3 is 0 Å². The Labute approximate surface area is 239 Å². The Morgan fingerprint density at radius 3 is 1.59 bits per heavy atom. The summed E-state index contributed by atoms with van der Waals surface area (Å²) in [6.07, 6.45) is 16.3. The molecule has 0 aromatic heterocycles. The lowest BCUT2D eigenvalue weighted by atomic mass is 9.90. The number of quaternary nitrogens is 2. The zero-order valence-electron chi connectivity index (χ0n) is 25.9. The Morgan fingerprint density at radius 2 is 0.949 bits per heavy atom. The van der Waals surface area contributed by atoms with E-state index in [9.17, 15) is 0 Å². The summed E-state index contributed by atoms with van der Waals surface area (Å²) in [5.74, 6) is 0. The van der Waals surface area contributed by atoms with Crippen molar-refractivity contribution < 1.29 is 8.97 Å². The number of aryl methyl sites for hydroxylation is 1. The fraction of sp³-hybridized carbons (Fsp3) is 0.568. The molecule has 0 unspecified atom stereocenters. The van der Waals surface area contributed by atoms with Crippen LogP contribution in [0.3, 0.4) is 0 Å². The second-order valence-corrected chi connectivity index (χ2v) is 13.6. The van der Waals surface area contributed by atoms with Crippen LogP contribution in [0.25, 0.3) is 32.3 Å². The van der Waals surface area contributed by atoms with Crippen molar-refractivity contribution in [3.63, 3.8) is 0 Å². The van der Waals surface area contributed by atoms with Gasteiger partial charge in [0.2, 0.25) is 0 Å². The smallest absolute Gasteiger partial charge is 0.0836 e. The third kappa shape index (κ3) is 8.41. The highest BCUT2D eigenvalue weighted by molar-refractivity contribution is 6.23. The van der Waals surface area contributed by atoms with E-state index in [2.05, 4.69) is 89.7 Å². The maximum atomic E-state index is 2.44. The van der Waals surface area contributed by atoms with Crippen molar-refractivity contribution in [3.05, 3.63) is 60.2 Å². The average Bonchev–Trinajstić information content (AvgIpc) is 2.91. The minimum Gasteiger partial charge on any atom is -0.328 e. The topological polar surface area (TPSA) is 0 Å². The molecule has 0 aliphatic carbocycles. The van der Waals surface area contributed by atoms with Gasteiger partial charge in [0, 0.05) is 6.42 Å². The van der Waals surface area contributed by atoms with Crippen molar-refractivity contribution in [2.75, 3.05) is 54.4 Å². The van der Waals surface area contributed by atoms with Gasteiger partial charge in [0.25, 0.3) is 0 Å². The predicted molar refractivity (Wildman–Crippen MR) is 174 cm³/mol. The van der Waals surface area contributed by atoms with Crippen LogP contribution in [0.1, 0.15) is 83.1 Å². The van der Waals surface area contributed by atoms with Crippen molar-refractivity contribution in [2.24, 2.45) is 0 Å². The minimum absolute atomic E-state index is 1.17. The van der Waals surface area contributed by atoms with Gasteiger partial charge in [-0.05, 0) is 76.4 Å². The number of unbranched alkanes of at least 4 members (excludes halogenated alkanes) is 8. The van der Waals surface area contributed by atoms with Crippen molar-refractivity contribution in [3.8, 4) is 0 Å². The van der Waals surface area contributed by atoms with Crippen molar-refractivity contribution in [1.82, 2.24) is 0 Å². The second kappa shape index (κ2) is 14.0. The fourth-order valence-electron chi connectivity index (χ4n) is 6.69. The summed E-state index contributed by atoms with van der Waals surface area (Å²) in [6, 6.07) is 20.7. The first-order valence-electron chi connectivity index (χ1n) is 16.1. The van der Waals surface area contributed by atoms with Gasteiger partial charge in [0.15, 0.2) is 0 Å². The van der Waals surface area contributed by atoms with Gasteiger partial charge in [-0.1, -0.05) is 93.6 Å². The van der Waals surface area contributed by atoms with E-state index >= 15 is 0 Å². The summed E-state index contributed by atoms with van der Waals surface area (Å²) < 4.78 is 2.36. The molecule has 0 amide bonds. The van der Waals surface area contributed by atoms with E-state index in [1.807, 2.05) is 0 Å². The number of benzene rings is 4. The van der Waals surface area contributed by atoms with Crippen LogP contribution in [-0.2, 0) is 6.42 Å². The first kappa shape index (κ1) is 29.8. The molecule has 212 valence electrons. The summed E-state index contributed by atoms with van der Waals surface area (Å²) in [6.45, 7) is 7.57. The number of hydrogen-bond acceptors (Lipinski definition) is 0. The molecule has 0 atom stereocenters. The van der Waals surface area contributed by atoms with Crippen LogP contribution in [0.2, 0.25) is 0 Å². The Kier molecular flexibility index (Phi) is 10.7. The zero-order chi connectivity index (χ0) is 27.7. The van der Waals surface area contributed by atoms with Gasteiger partial charge in [-0.2, -0.15) is 0 Å². The quantitative estimate of drug-likeness (QED) is 0.0685.